The van der Waals surface area contributed by atoms with Gasteiger partial charge in [-0.2, -0.15) is 0 Å². The number of likely N-dealkylation sites (tertiary alicyclic amines) is 1. The SMILES string of the molecule is Cc1cc(C(=O)NC2CCN(C(=O)Nc3ccccc3)CC2)on1. The molecule has 1 aromatic carbocycles. The zero-order chi connectivity index (χ0) is 16.9. The summed E-state index contributed by atoms with van der Waals surface area (Å²) in [5.74, 6) is -0.0421. The van der Waals surface area contributed by atoms with E-state index in [-0.39, 0.29) is 23.7 Å². The molecular weight excluding hydrogens is 308 g/mol. The van der Waals surface area contributed by atoms with Gasteiger partial charge in [0.05, 0.1) is 5.69 Å². The van der Waals surface area contributed by atoms with Crippen molar-refractivity contribution in [2.45, 2.75) is 25.8 Å². The van der Waals surface area contributed by atoms with Crippen molar-refractivity contribution in [2.24, 2.45) is 0 Å². The number of rotatable bonds is 3. The molecule has 0 bridgehead atoms. The molecule has 2 heterocycles. The van der Waals surface area contributed by atoms with Gasteiger partial charge in [0.1, 0.15) is 0 Å². The van der Waals surface area contributed by atoms with E-state index in [1.54, 1.807) is 17.9 Å². The van der Waals surface area contributed by atoms with Crippen molar-refractivity contribution in [1.82, 2.24) is 15.4 Å². The second-order valence-corrected chi connectivity index (χ2v) is 5.86. The average Bonchev–Trinajstić information content (AvgIpc) is 3.03. The van der Waals surface area contributed by atoms with Crippen LogP contribution in [-0.2, 0) is 0 Å². The number of anilines is 1. The lowest BCUT2D eigenvalue weighted by Crippen LogP contribution is -2.47. The molecule has 0 saturated carbocycles. The quantitative estimate of drug-likeness (QED) is 0.906. The topological polar surface area (TPSA) is 87.5 Å². The minimum absolute atomic E-state index is 0.0312. The lowest BCUT2D eigenvalue weighted by molar-refractivity contribution is 0.0882. The van der Waals surface area contributed by atoms with E-state index in [9.17, 15) is 9.59 Å². The highest BCUT2D eigenvalue weighted by molar-refractivity contribution is 5.91. The molecule has 0 radical (unpaired) electrons. The Hall–Kier alpha value is -2.83. The largest absolute Gasteiger partial charge is 0.351 e. The molecule has 0 aliphatic carbocycles. The summed E-state index contributed by atoms with van der Waals surface area (Å²) in [5.41, 5.74) is 1.45. The number of nitrogens with zero attached hydrogens (tertiary/aromatic N) is 2. The van der Waals surface area contributed by atoms with Crippen LogP contribution in [0.5, 0.6) is 0 Å². The Morgan fingerprint density at radius 2 is 1.92 bits per heavy atom. The molecule has 24 heavy (non-hydrogen) atoms. The second-order valence-electron chi connectivity index (χ2n) is 5.86. The molecule has 2 N–H and O–H groups in total. The number of carbonyl (C=O) groups is 2. The van der Waals surface area contributed by atoms with Gasteiger partial charge in [-0.3, -0.25) is 4.79 Å². The van der Waals surface area contributed by atoms with E-state index in [1.165, 1.54) is 0 Å². The van der Waals surface area contributed by atoms with Gasteiger partial charge in [0, 0.05) is 30.9 Å². The number of amides is 3. The Morgan fingerprint density at radius 3 is 2.54 bits per heavy atom. The molecular formula is C17H20N4O3. The summed E-state index contributed by atoms with van der Waals surface area (Å²) in [7, 11) is 0. The summed E-state index contributed by atoms with van der Waals surface area (Å²) in [6, 6.07) is 10.9. The first-order valence-electron chi connectivity index (χ1n) is 7.97. The number of aryl methyl sites for hydroxylation is 1. The molecule has 2 aromatic rings. The van der Waals surface area contributed by atoms with E-state index in [0.717, 1.165) is 5.69 Å². The van der Waals surface area contributed by atoms with Crippen LogP contribution in [-0.4, -0.2) is 41.1 Å². The lowest BCUT2D eigenvalue weighted by Gasteiger charge is -2.32. The van der Waals surface area contributed by atoms with Crippen molar-refractivity contribution in [1.29, 1.82) is 0 Å². The number of para-hydroxylation sites is 1. The third-order valence-electron chi connectivity index (χ3n) is 3.99. The zero-order valence-corrected chi connectivity index (χ0v) is 13.5. The Balaban J connectivity index is 1.47. The fourth-order valence-corrected chi connectivity index (χ4v) is 2.68. The highest BCUT2D eigenvalue weighted by Gasteiger charge is 2.25. The molecule has 0 spiro atoms. The zero-order valence-electron chi connectivity index (χ0n) is 13.5. The fraction of sp³-hybridized carbons (Fsp3) is 0.353. The van der Waals surface area contributed by atoms with Crippen molar-refractivity contribution < 1.29 is 14.1 Å². The molecule has 0 unspecified atom stereocenters. The van der Waals surface area contributed by atoms with Crippen LogP contribution in [0.25, 0.3) is 0 Å². The van der Waals surface area contributed by atoms with Crippen molar-refractivity contribution in [3.63, 3.8) is 0 Å². The van der Waals surface area contributed by atoms with Crippen LogP contribution >= 0.6 is 0 Å². The van der Waals surface area contributed by atoms with Crippen LogP contribution in [0.2, 0.25) is 0 Å². The van der Waals surface area contributed by atoms with Gasteiger partial charge in [-0.15, -0.1) is 0 Å². The van der Waals surface area contributed by atoms with Gasteiger partial charge in [-0.1, -0.05) is 23.4 Å². The summed E-state index contributed by atoms with van der Waals surface area (Å²) in [6.45, 7) is 2.96. The monoisotopic (exact) mass is 328 g/mol. The third kappa shape index (κ3) is 3.92. The normalized spacial score (nSPS) is 15.1. The van der Waals surface area contributed by atoms with E-state index in [4.69, 9.17) is 4.52 Å². The predicted molar refractivity (Wildman–Crippen MR) is 88.8 cm³/mol. The molecule has 0 atom stereocenters. The van der Waals surface area contributed by atoms with Gasteiger partial charge >= 0.3 is 6.03 Å². The number of hydrogen-bond acceptors (Lipinski definition) is 4. The first kappa shape index (κ1) is 16.0. The number of carbonyl (C=O) groups excluding carboxylic acids is 2. The van der Waals surface area contributed by atoms with Crippen LogP contribution in [0.15, 0.2) is 40.9 Å². The second kappa shape index (κ2) is 7.16. The Morgan fingerprint density at radius 1 is 1.21 bits per heavy atom. The molecule has 126 valence electrons. The van der Waals surface area contributed by atoms with Crippen LogP contribution in [0.3, 0.4) is 0 Å². The summed E-state index contributed by atoms with van der Waals surface area (Å²) < 4.78 is 4.96. The van der Waals surface area contributed by atoms with E-state index in [1.807, 2.05) is 30.3 Å². The van der Waals surface area contributed by atoms with Crippen molar-refractivity contribution in [3.05, 3.63) is 47.9 Å². The summed E-state index contributed by atoms with van der Waals surface area (Å²) in [6.07, 6.45) is 1.42. The minimum atomic E-state index is -0.261. The maximum atomic E-state index is 12.2. The molecule has 7 heteroatoms. The van der Waals surface area contributed by atoms with Crippen LogP contribution < -0.4 is 10.6 Å². The number of nitrogens with one attached hydrogen (secondary N) is 2. The molecule has 1 saturated heterocycles. The average molecular weight is 328 g/mol. The summed E-state index contributed by atoms with van der Waals surface area (Å²) >= 11 is 0. The van der Waals surface area contributed by atoms with Crippen LogP contribution in [0, 0.1) is 6.92 Å². The van der Waals surface area contributed by atoms with Gasteiger partial charge in [-0.25, -0.2) is 4.79 Å². The van der Waals surface area contributed by atoms with E-state index in [2.05, 4.69) is 15.8 Å². The minimum Gasteiger partial charge on any atom is -0.351 e. The van der Waals surface area contributed by atoms with Crippen molar-refractivity contribution >= 4 is 17.6 Å². The molecule has 1 aromatic heterocycles. The van der Waals surface area contributed by atoms with Gasteiger partial charge in [0.15, 0.2) is 0 Å². The van der Waals surface area contributed by atoms with E-state index >= 15 is 0 Å². The van der Waals surface area contributed by atoms with Crippen molar-refractivity contribution in [2.75, 3.05) is 18.4 Å². The van der Waals surface area contributed by atoms with Crippen LogP contribution in [0.4, 0.5) is 10.5 Å². The van der Waals surface area contributed by atoms with E-state index in [0.29, 0.717) is 31.6 Å². The lowest BCUT2D eigenvalue weighted by atomic mass is 10.1. The maximum absolute atomic E-state index is 12.2. The number of aromatic nitrogens is 1. The highest BCUT2D eigenvalue weighted by Crippen LogP contribution is 2.14. The molecule has 3 amide bonds. The molecule has 1 aliphatic rings. The maximum Gasteiger partial charge on any atom is 0.321 e. The highest BCUT2D eigenvalue weighted by atomic mass is 16.5. The first-order chi connectivity index (χ1) is 11.6. The van der Waals surface area contributed by atoms with E-state index < -0.39 is 0 Å². The summed E-state index contributed by atoms with van der Waals surface area (Å²) in [5, 5.41) is 9.51. The number of piperidine rings is 1. The Bertz CT molecular complexity index is 706. The standard InChI is InChI=1S/C17H20N4O3/c1-12-11-15(24-20-12)16(22)18-14-7-9-21(10-8-14)17(23)19-13-5-3-2-4-6-13/h2-6,11,14H,7-10H2,1H3,(H,18,22)(H,19,23). The van der Waals surface area contributed by atoms with Gasteiger partial charge < -0.3 is 20.1 Å². The molecule has 1 aliphatic heterocycles. The molecule has 7 nitrogen and oxygen atoms in total. The molecule has 1 fully saturated rings. The Kier molecular flexibility index (Phi) is 4.79. The molecule has 3 rings (SSSR count). The smallest absolute Gasteiger partial charge is 0.321 e. The number of benzene rings is 1. The van der Waals surface area contributed by atoms with Gasteiger partial charge in [0.25, 0.3) is 5.91 Å². The van der Waals surface area contributed by atoms with Crippen molar-refractivity contribution in [3.8, 4) is 0 Å². The predicted octanol–water partition coefficient (Wildman–Crippen LogP) is 2.41. The van der Waals surface area contributed by atoms with Gasteiger partial charge in [-0.05, 0) is 31.9 Å². The third-order valence-corrected chi connectivity index (χ3v) is 3.99. The Labute approximate surface area is 140 Å². The first-order valence-corrected chi connectivity index (χ1v) is 7.97. The van der Waals surface area contributed by atoms with Crippen LogP contribution in [0.1, 0.15) is 29.1 Å². The number of urea groups is 1. The summed E-state index contributed by atoms with van der Waals surface area (Å²) in [4.78, 5) is 26.0. The number of hydrogen-bond donors (Lipinski definition) is 2. The fourth-order valence-electron chi connectivity index (χ4n) is 2.68. The van der Waals surface area contributed by atoms with Gasteiger partial charge in [0.2, 0.25) is 5.76 Å².